The number of fused-ring (bicyclic) bond motifs is 1. The molecule has 3 rings (SSSR count). The molecule has 0 spiro atoms. The Bertz CT molecular complexity index is 648. The van der Waals surface area contributed by atoms with E-state index < -0.39 is 5.41 Å². The second kappa shape index (κ2) is 4.99. The van der Waals surface area contributed by atoms with Crippen LogP contribution in [0.3, 0.4) is 0 Å². The second-order valence-electron chi connectivity index (χ2n) is 4.95. The van der Waals surface area contributed by atoms with Crippen LogP contribution in [-0.2, 0) is 4.79 Å². The number of nitrogens with one attached hydrogen (secondary N) is 3. The SMILES string of the molecule is CCC1(C(=O)Nc2nc(Cl)c3[nH]cnc3n2)CCNC1. The van der Waals surface area contributed by atoms with Gasteiger partial charge in [0.05, 0.1) is 11.7 Å². The molecule has 0 saturated carbocycles. The molecule has 1 aliphatic rings. The number of H-pyrrole nitrogens is 1. The van der Waals surface area contributed by atoms with E-state index >= 15 is 0 Å². The molecular formula is C12H15ClN6O. The van der Waals surface area contributed by atoms with Gasteiger partial charge in [-0.25, -0.2) is 4.98 Å². The second-order valence-corrected chi connectivity index (χ2v) is 5.31. The van der Waals surface area contributed by atoms with E-state index in [0.717, 1.165) is 19.4 Å². The van der Waals surface area contributed by atoms with Crippen molar-refractivity contribution in [2.24, 2.45) is 5.41 Å². The first kappa shape index (κ1) is 13.3. The number of halogens is 1. The van der Waals surface area contributed by atoms with E-state index in [4.69, 9.17) is 11.6 Å². The maximum absolute atomic E-state index is 12.5. The third-order valence-corrected chi connectivity index (χ3v) is 4.14. The summed E-state index contributed by atoms with van der Waals surface area (Å²) < 4.78 is 0. The molecule has 1 aliphatic heterocycles. The largest absolute Gasteiger partial charge is 0.341 e. The summed E-state index contributed by atoms with van der Waals surface area (Å²) in [7, 11) is 0. The van der Waals surface area contributed by atoms with E-state index in [9.17, 15) is 4.79 Å². The lowest BCUT2D eigenvalue weighted by Crippen LogP contribution is -2.38. The van der Waals surface area contributed by atoms with Crippen molar-refractivity contribution in [1.82, 2.24) is 25.3 Å². The van der Waals surface area contributed by atoms with Gasteiger partial charge in [0.15, 0.2) is 10.8 Å². The summed E-state index contributed by atoms with van der Waals surface area (Å²) in [4.78, 5) is 27.6. The van der Waals surface area contributed by atoms with Crippen LogP contribution in [0, 0.1) is 5.41 Å². The van der Waals surface area contributed by atoms with Crippen LogP contribution >= 0.6 is 11.6 Å². The van der Waals surface area contributed by atoms with Crippen LogP contribution in [0.25, 0.3) is 11.2 Å². The Balaban J connectivity index is 1.87. The summed E-state index contributed by atoms with van der Waals surface area (Å²) in [6, 6.07) is 0. The molecule has 3 N–H and O–H groups in total. The number of carbonyl (C=O) groups excluding carboxylic acids is 1. The fourth-order valence-corrected chi connectivity index (χ4v) is 2.71. The van der Waals surface area contributed by atoms with E-state index in [0.29, 0.717) is 17.7 Å². The molecule has 106 valence electrons. The quantitative estimate of drug-likeness (QED) is 0.742. The monoisotopic (exact) mass is 294 g/mol. The molecule has 1 unspecified atom stereocenters. The number of nitrogens with zero attached hydrogens (tertiary/aromatic N) is 3. The number of aromatic nitrogens is 4. The first-order chi connectivity index (χ1) is 9.64. The number of hydrogen-bond acceptors (Lipinski definition) is 5. The van der Waals surface area contributed by atoms with E-state index in [1.807, 2.05) is 6.92 Å². The summed E-state index contributed by atoms with van der Waals surface area (Å²) in [5, 5.41) is 6.23. The molecule has 20 heavy (non-hydrogen) atoms. The molecule has 7 nitrogen and oxygen atoms in total. The van der Waals surface area contributed by atoms with Crippen LogP contribution in [0.1, 0.15) is 19.8 Å². The summed E-state index contributed by atoms with van der Waals surface area (Å²) in [5.74, 6) is 0.121. The average Bonchev–Trinajstić information content (AvgIpc) is 3.08. The van der Waals surface area contributed by atoms with Crippen molar-refractivity contribution in [3.63, 3.8) is 0 Å². The van der Waals surface area contributed by atoms with Gasteiger partial charge in [0, 0.05) is 6.54 Å². The van der Waals surface area contributed by atoms with Crippen LogP contribution < -0.4 is 10.6 Å². The molecule has 0 bridgehead atoms. The van der Waals surface area contributed by atoms with Gasteiger partial charge in [0.25, 0.3) is 0 Å². The molecule has 1 fully saturated rings. The minimum atomic E-state index is -0.392. The van der Waals surface area contributed by atoms with E-state index in [2.05, 4.69) is 30.6 Å². The van der Waals surface area contributed by atoms with Gasteiger partial charge in [-0.3, -0.25) is 10.1 Å². The Hall–Kier alpha value is -1.73. The van der Waals surface area contributed by atoms with Gasteiger partial charge in [-0.05, 0) is 19.4 Å². The molecule has 1 atom stereocenters. The minimum absolute atomic E-state index is 0.0732. The minimum Gasteiger partial charge on any atom is -0.341 e. The number of imidazole rings is 1. The molecule has 2 aromatic rings. The van der Waals surface area contributed by atoms with Crippen molar-refractivity contribution in [2.75, 3.05) is 18.4 Å². The lowest BCUT2D eigenvalue weighted by Gasteiger charge is -2.24. The number of anilines is 1. The van der Waals surface area contributed by atoms with E-state index in [1.54, 1.807) is 0 Å². The highest BCUT2D eigenvalue weighted by Crippen LogP contribution is 2.30. The van der Waals surface area contributed by atoms with Gasteiger partial charge in [-0.2, -0.15) is 9.97 Å². The predicted octanol–water partition coefficient (Wildman–Crippen LogP) is 1.33. The lowest BCUT2D eigenvalue weighted by molar-refractivity contribution is -0.124. The van der Waals surface area contributed by atoms with Crippen LogP contribution in [0.4, 0.5) is 5.95 Å². The van der Waals surface area contributed by atoms with E-state index in [1.165, 1.54) is 6.33 Å². The van der Waals surface area contributed by atoms with Gasteiger partial charge < -0.3 is 10.3 Å². The Morgan fingerprint density at radius 2 is 2.40 bits per heavy atom. The summed E-state index contributed by atoms with van der Waals surface area (Å²) in [6.07, 6.45) is 3.07. The third-order valence-electron chi connectivity index (χ3n) is 3.87. The van der Waals surface area contributed by atoms with Crippen molar-refractivity contribution in [2.45, 2.75) is 19.8 Å². The molecule has 2 aromatic heterocycles. The predicted molar refractivity (Wildman–Crippen MR) is 75.5 cm³/mol. The van der Waals surface area contributed by atoms with Crippen molar-refractivity contribution in [3.05, 3.63) is 11.5 Å². The third kappa shape index (κ3) is 2.12. The zero-order chi connectivity index (χ0) is 14.2. The number of rotatable bonds is 3. The van der Waals surface area contributed by atoms with Crippen LogP contribution in [0.5, 0.6) is 0 Å². The van der Waals surface area contributed by atoms with Crippen molar-refractivity contribution < 1.29 is 4.79 Å². The zero-order valence-electron chi connectivity index (χ0n) is 11.0. The van der Waals surface area contributed by atoms with Gasteiger partial charge in [0.1, 0.15) is 5.52 Å². The highest BCUT2D eigenvalue weighted by molar-refractivity contribution is 6.33. The summed E-state index contributed by atoms with van der Waals surface area (Å²) in [6.45, 7) is 3.53. The molecular weight excluding hydrogens is 280 g/mol. The Morgan fingerprint density at radius 1 is 1.55 bits per heavy atom. The Morgan fingerprint density at radius 3 is 3.10 bits per heavy atom. The van der Waals surface area contributed by atoms with Crippen molar-refractivity contribution >= 4 is 34.6 Å². The van der Waals surface area contributed by atoms with Gasteiger partial charge in [-0.1, -0.05) is 18.5 Å². The Kier molecular flexibility index (Phi) is 3.31. The molecule has 3 heterocycles. The zero-order valence-corrected chi connectivity index (χ0v) is 11.8. The first-order valence-electron chi connectivity index (χ1n) is 6.53. The number of amides is 1. The van der Waals surface area contributed by atoms with Crippen LogP contribution in [0.15, 0.2) is 6.33 Å². The maximum Gasteiger partial charge on any atom is 0.234 e. The number of carbonyl (C=O) groups is 1. The Labute approximate surface area is 120 Å². The van der Waals surface area contributed by atoms with E-state index in [-0.39, 0.29) is 17.0 Å². The van der Waals surface area contributed by atoms with Crippen molar-refractivity contribution in [3.8, 4) is 0 Å². The van der Waals surface area contributed by atoms with Crippen molar-refractivity contribution in [1.29, 1.82) is 0 Å². The van der Waals surface area contributed by atoms with Crippen LogP contribution in [-0.4, -0.2) is 38.9 Å². The number of aromatic amines is 1. The molecule has 1 amide bonds. The smallest absolute Gasteiger partial charge is 0.234 e. The standard InChI is InChI=1S/C12H15ClN6O/c1-2-12(3-4-14-5-12)10(20)19-11-17-8(13)7-9(18-11)16-6-15-7/h6,14H,2-5H2,1H3,(H2,15,16,17,18,19,20). The highest BCUT2D eigenvalue weighted by atomic mass is 35.5. The molecule has 0 aliphatic carbocycles. The fourth-order valence-electron chi connectivity index (χ4n) is 2.49. The number of hydrogen-bond donors (Lipinski definition) is 3. The molecule has 8 heteroatoms. The fraction of sp³-hybridized carbons (Fsp3) is 0.500. The lowest BCUT2D eigenvalue weighted by atomic mass is 9.83. The summed E-state index contributed by atoms with van der Waals surface area (Å²) >= 11 is 6.03. The van der Waals surface area contributed by atoms with Gasteiger partial charge in [0.2, 0.25) is 11.9 Å². The maximum atomic E-state index is 12.5. The first-order valence-corrected chi connectivity index (χ1v) is 6.91. The molecule has 1 saturated heterocycles. The topological polar surface area (TPSA) is 95.6 Å². The normalized spacial score (nSPS) is 22.3. The van der Waals surface area contributed by atoms with Crippen LogP contribution in [0.2, 0.25) is 5.15 Å². The highest BCUT2D eigenvalue weighted by Gasteiger charge is 2.39. The van der Waals surface area contributed by atoms with Gasteiger partial charge in [-0.15, -0.1) is 0 Å². The van der Waals surface area contributed by atoms with Gasteiger partial charge >= 0.3 is 0 Å². The molecule has 0 radical (unpaired) electrons. The molecule has 0 aromatic carbocycles. The summed E-state index contributed by atoms with van der Waals surface area (Å²) in [5.41, 5.74) is 0.615. The average molecular weight is 295 g/mol.